The Kier molecular flexibility index (Phi) is 2.78. The number of anilines is 2. The minimum absolute atomic E-state index is 0.0624. The molecule has 1 radical (unpaired) electrons. The molecule has 0 bridgehead atoms. The van der Waals surface area contributed by atoms with Gasteiger partial charge < -0.3 is 21.7 Å². The highest BCUT2D eigenvalue weighted by molar-refractivity contribution is 5.59. The molecule has 4 heteroatoms. The van der Waals surface area contributed by atoms with Crippen LogP contribution in [0.4, 0.5) is 11.4 Å². The smallest absolute Gasteiger partial charge is 0.138 e. The van der Waals surface area contributed by atoms with E-state index in [1.807, 2.05) is 6.42 Å². The summed E-state index contributed by atoms with van der Waals surface area (Å²) in [5.41, 5.74) is 13.5. The minimum Gasteiger partial charge on any atom is -0.506 e. The van der Waals surface area contributed by atoms with Crippen molar-refractivity contribution in [2.75, 3.05) is 11.5 Å². The van der Waals surface area contributed by atoms with Crippen molar-refractivity contribution in [3.63, 3.8) is 0 Å². The highest BCUT2D eigenvalue weighted by Gasteiger charge is 2.03. The van der Waals surface area contributed by atoms with Crippen molar-refractivity contribution < 1.29 is 10.2 Å². The lowest BCUT2D eigenvalue weighted by Gasteiger charge is -2.06. The maximum atomic E-state index is 9.30. The van der Waals surface area contributed by atoms with Crippen LogP contribution in [0.1, 0.15) is 11.1 Å². The van der Waals surface area contributed by atoms with Gasteiger partial charge in [-0.05, 0) is 35.4 Å². The highest BCUT2D eigenvalue weighted by Crippen LogP contribution is 2.26. The third kappa shape index (κ3) is 2.42. The standard InChI is InChI=1S/C13H13N2O2/c14-10-6-8(1-3-12(10)16)5-9-2-4-13(17)11(15)7-9/h1-7,16-17H,14-15H2. The Morgan fingerprint density at radius 2 is 1.18 bits per heavy atom. The van der Waals surface area contributed by atoms with Crippen molar-refractivity contribution in [3.8, 4) is 11.5 Å². The van der Waals surface area contributed by atoms with Crippen molar-refractivity contribution >= 4 is 11.4 Å². The predicted molar refractivity (Wildman–Crippen MR) is 67.5 cm³/mol. The van der Waals surface area contributed by atoms with E-state index in [9.17, 15) is 10.2 Å². The molecule has 0 aliphatic carbocycles. The van der Waals surface area contributed by atoms with Crippen molar-refractivity contribution in [3.05, 3.63) is 53.9 Å². The lowest BCUT2D eigenvalue weighted by Crippen LogP contribution is -1.92. The maximum Gasteiger partial charge on any atom is 0.138 e. The normalized spacial score (nSPS) is 10.4. The second-order valence-electron chi connectivity index (χ2n) is 3.78. The average Bonchev–Trinajstić information content (AvgIpc) is 2.29. The van der Waals surface area contributed by atoms with Crippen molar-refractivity contribution in [2.24, 2.45) is 0 Å². The Bertz CT molecular complexity index is 504. The Hall–Kier alpha value is -2.36. The fourth-order valence-corrected chi connectivity index (χ4v) is 1.52. The van der Waals surface area contributed by atoms with E-state index in [2.05, 4.69) is 0 Å². The number of rotatable bonds is 2. The van der Waals surface area contributed by atoms with E-state index in [-0.39, 0.29) is 11.5 Å². The second kappa shape index (κ2) is 4.25. The molecule has 0 aromatic heterocycles. The van der Waals surface area contributed by atoms with Crippen LogP contribution in [0, 0.1) is 6.42 Å². The zero-order valence-electron chi connectivity index (χ0n) is 9.09. The lowest BCUT2D eigenvalue weighted by molar-refractivity contribution is 0.477. The van der Waals surface area contributed by atoms with Gasteiger partial charge in [0.05, 0.1) is 11.4 Å². The molecule has 0 amide bonds. The van der Waals surface area contributed by atoms with Gasteiger partial charge in [0.2, 0.25) is 0 Å². The van der Waals surface area contributed by atoms with Gasteiger partial charge in [-0.3, -0.25) is 0 Å². The Labute approximate surface area is 99.1 Å². The Morgan fingerprint density at radius 1 is 0.765 bits per heavy atom. The van der Waals surface area contributed by atoms with Crippen molar-refractivity contribution in [1.82, 2.24) is 0 Å². The van der Waals surface area contributed by atoms with Gasteiger partial charge in [-0.1, -0.05) is 12.1 Å². The number of nitrogen functional groups attached to an aromatic ring is 2. The van der Waals surface area contributed by atoms with Crippen LogP contribution < -0.4 is 11.5 Å². The first kappa shape index (κ1) is 11.1. The molecule has 0 fully saturated rings. The zero-order chi connectivity index (χ0) is 12.4. The average molecular weight is 229 g/mol. The van der Waals surface area contributed by atoms with Crippen LogP contribution in [0.25, 0.3) is 0 Å². The summed E-state index contributed by atoms with van der Waals surface area (Å²) in [7, 11) is 0. The van der Waals surface area contributed by atoms with Crippen LogP contribution in [-0.4, -0.2) is 10.2 Å². The van der Waals surface area contributed by atoms with E-state index in [1.165, 1.54) is 12.1 Å². The Balaban J connectivity index is 2.25. The molecule has 6 N–H and O–H groups in total. The molecule has 0 heterocycles. The van der Waals surface area contributed by atoms with Gasteiger partial charge >= 0.3 is 0 Å². The van der Waals surface area contributed by atoms with E-state index in [0.29, 0.717) is 11.4 Å². The van der Waals surface area contributed by atoms with Gasteiger partial charge in [0.15, 0.2) is 0 Å². The molecule has 4 nitrogen and oxygen atoms in total. The van der Waals surface area contributed by atoms with Crippen LogP contribution in [-0.2, 0) is 0 Å². The number of phenols is 2. The topological polar surface area (TPSA) is 92.5 Å². The fourth-order valence-electron chi connectivity index (χ4n) is 1.52. The van der Waals surface area contributed by atoms with E-state index in [1.54, 1.807) is 24.3 Å². The Morgan fingerprint density at radius 3 is 1.53 bits per heavy atom. The van der Waals surface area contributed by atoms with Crippen molar-refractivity contribution in [1.29, 1.82) is 0 Å². The second-order valence-corrected chi connectivity index (χ2v) is 3.78. The monoisotopic (exact) mass is 229 g/mol. The molecule has 2 rings (SSSR count). The molecule has 2 aromatic carbocycles. The van der Waals surface area contributed by atoms with Crippen molar-refractivity contribution in [2.45, 2.75) is 0 Å². The summed E-state index contributed by atoms with van der Waals surface area (Å²) in [6.07, 6.45) is 1.85. The summed E-state index contributed by atoms with van der Waals surface area (Å²) in [6, 6.07) is 9.89. The third-order valence-electron chi connectivity index (χ3n) is 2.44. The number of phenolic OH excluding ortho intramolecular Hbond substituents is 2. The van der Waals surface area contributed by atoms with E-state index < -0.39 is 0 Å². The molecule has 0 atom stereocenters. The molecule has 2 aromatic rings. The first-order valence-corrected chi connectivity index (χ1v) is 5.08. The SMILES string of the molecule is Nc1cc([CH]c2ccc(O)c(N)c2)ccc1O. The summed E-state index contributed by atoms with van der Waals surface area (Å²) in [5, 5.41) is 18.6. The minimum atomic E-state index is 0.0624. The van der Waals surface area contributed by atoms with Crippen LogP contribution in [0.3, 0.4) is 0 Å². The molecule has 0 aliphatic heterocycles. The van der Waals surface area contributed by atoms with Gasteiger partial charge in [-0.15, -0.1) is 0 Å². The van der Waals surface area contributed by atoms with Gasteiger partial charge in [0.1, 0.15) is 11.5 Å². The molecule has 0 saturated carbocycles. The van der Waals surface area contributed by atoms with Crippen LogP contribution >= 0.6 is 0 Å². The lowest BCUT2D eigenvalue weighted by atomic mass is 10.0. The van der Waals surface area contributed by atoms with Gasteiger partial charge in [0.25, 0.3) is 0 Å². The summed E-state index contributed by atoms with van der Waals surface area (Å²) in [4.78, 5) is 0. The molecule has 0 spiro atoms. The number of hydrogen-bond donors (Lipinski definition) is 4. The molecule has 87 valence electrons. The van der Waals surface area contributed by atoms with Crippen LogP contribution in [0.2, 0.25) is 0 Å². The van der Waals surface area contributed by atoms with E-state index >= 15 is 0 Å². The van der Waals surface area contributed by atoms with E-state index in [0.717, 1.165) is 11.1 Å². The molecule has 0 unspecified atom stereocenters. The van der Waals surface area contributed by atoms with Gasteiger partial charge in [0, 0.05) is 6.42 Å². The predicted octanol–water partition coefficient (Wildman–Crippen LogP) is 1.86. The fraction of sp³-hybridized carbons (Fsp3) is 0. The molecule has 0 saturated heterocycles. The molecule has 17 heavy (non-hydrogen) atoms. The number of nitrogens with two attached hydrogens (primary N) is 2. The summed E-state index contributed by atoms with van der Waals surface area (Å²) in [6.45, 7) is 0. The zero-order valence-corrected chi connectivity index (χ0v) is 9.09. The summed E-state index contributed by atoms with van der Waals surface area (Å²) < 4.78 is 0. The number of benzene rings is 2. The summed E-state index contributed by atoms with van der Waals surface area (Å²) >= 11 is 0. The largest absolute Gasteiger partial charge is 0.506 e. The van der Waals surface area contributed by atoms with Gasteiger partial charge in [-0.2, -0.15) is 0 Å². The first-order valence-electron chi connectivity index (χ1n) is 5.08. The number of hydrogen-bond acceptors (Lipinski definition) is 4. The summed E-state index contributed by atoms with van der Waals surface area (Å²) in [5.74, 6) is 0.125. The van der Waals surface area contributed by atoms with E-state index in [4.69, 9.17) is 11.5 Å². The van der Waals surface area contributed by atoms with Crippen LogP contribution in [0.5, 0.6) is 11.5 Å². The first-order chi connectivity index (χ1) is 8.06. The van der Waals surface area contributed by atoms with Gasteiger partial charge in [-0.25, -0.2) is 0 Å². The molecule has 0 aliphatic rings. The maximum absolute atomic E-state index is 9.30. The molecular formula is C13H13N2O2. The quantitative estimate of drug-likeness (QED) is 0.467. The number of aromatic hydroxyl groups is 2. The third-order valence-corrected chi connectivity index (χ3v) is 2.44. The molecular weight excluding hydrogens is 216 g/mol. The van der Waals surface area contributed by atoms with Crippen LogP contribution in [0.15, 0.2) is 36.4 Å². The highest BCUT2D eigenvalue weighted by atomic mass is 16.3.